The van der Waals surface area contributed by atoms with Crippen molar-refractivity contribution in [3.05, 3.63) is 65.7 Å². The third kappa shape index (κ3) is 6.77. The minimum atomic E-state index is -0.565. The van der Waals surface area contributed by atoms with E-state index in [1.807, 2.05) is 75.4 Å². The number of amides is 1. The molecule has 0 spiro atoms. The van der Waals surface area contributed by atoms with Crippen LogP contribution >= 0.6 is 12.4 Å². The number of hydrogen-bond acceptors (Lipinski definition) is 3. The molecule has 0 bridgehead atoms. The molecule has 0 aliphatic rings. The van der Waals surface area contributed by atoms with E-state index >= 15 is 0 Å². The van der Waals surface area contributed by atoms with Gasteiger partial charge in [0, 0.05) is 0 Å². The Balaban J connectivity index is 0.00000312. The molecule has 0 aliphatic carbocycles. The Hall–Kier alpha value is -2.04. The first-order valence-corrected chi connectivity index (χ1v) is 8.32. The summed E-state index contributed by atoms with van der Waals surface area (Å²) in [4.78, 5) is 12.3. The van der Waals surface area contributed by atoms with Gasteiger partial charge in [0.15, 0.2) is 0 Å². The lowest BCUT2D eigenvalue weighted by atomic mass is 10.0. The van der Waals surface area contributed by atoms with Gasteiger partial charge >= 0.3 is 0 Å². The van der Waals surface area contributed by atoms with Crippen LogP contribution in [0.15, 0.2) is 54.6 Å². The summed E-state index contributed by atoms with van der Waals surface area (Å²) in [5.41, 5.74) is 8.08. The van der Waals surface area contributed by atoms with Crippen molar-refractivity contribution in [1.82, 2.24) is 5.32 Å². The van der Waals surface area contributed by atoms with Gasteiger partial charge in [-0.3, -0.25) is 4.79 Å². The fourth-order valence-electron chi connectivity index (χ4n) is 2.49. The first-order chi connectivity index (χ1) is 11.5. The van der Waals surface area contributed by atoms with Gasteiger partial charge in [-0.15, -0.1) is 12.4 Å². The lowest BCUT2D eigenvalue weighted by Gasteiger charge is -2.19. The Kier molecular flexibility index (Phi) is 8.46. The summed E-state index contributed by atoms with van der Waals surface area (Å²) in [5.74, 6) is 0.652. The summed E-state index contributed by atoms with van der Waals surface area (Å²) >= 11 is 0. The number of hydrogen-bond donors (Lipinski definition) is 2. The van der Waals surface area contributed by atoms with Crippen LogP contribution in [-0.2, 0) is 11.2 Å². The maximum absolute atomic E-state index is 12.3. The van der Waals surface area contributed by atoms with Gasteiger partial charge in [-0.2, -0.15) is 0 Å². The van der Waals surface area contributed by atoms with Crippen LogP contribution in [0.1, 0.15) is 37.9 Å². The normalized spacial score (nSPS) is 12.8. The van der Waals surface area contributed by atoms with E-state index in [4.69, 9.17) is 10.5 Å². The molecular formula is C20H27ClN2O2. The number of rotatable bonds is 7. The van der Waals surface area contributed by atoms with E-state index in [1.165, 1.54) is 0 Å². The summed E-state index contributed by atoms with van der Waals surface area (Å²) in [5, 5.41) is 2.98. The van der Waals surface area contributed by atoms with Gasteiger partial charge in [0.25, 0.3) is 0 Å². The molecule has 0 fully saturated rings. The first-order valence-electron chi connectivity index (χ1n) is 8.32. The molecule has 2 aromatic rings. The quantitative estimate of drug-likeness (QED) is 0.790. The molecule has 2 rings (SSSR count). The van der Waals surface area contributed by atoms with Crippen LogP contribution in [0.4, 0.5) is 0 Å². The average molecular weight is 363 g/mol. The Morgan fingerprint density at radius 2 is 1.76 bits per heavy atom. The highest BCUT2D eigenvalue weighted by molar-refractivity contribution is 5.85. The van der Waals surface area contributed by atoms with E-state index in [2.05, 4.69) is 5.32 Å². The second-order valence-electron chi connectivity index (χ2n) is 6.27. The third-order valence-electron chi connectivity index (χ3n) is 3.72. The highest BCUT2D eigenvalue weighted by Crippen LogP contribution is 2.20. The Bertz CT molecular complexity index is 662. The SMILES string of the molecule is CC(C)Oc1cccc(C(C)NC(=O)[C@@H](N)Cc2ccccc2)c1.Cl. The van der Waals surface area contributed by atoms with Gasteiger partial charge < -0.3 is 15.8 Å². The number of benzene rings is 2. The van der Waals surface area contributed by atoms with E-state index in [-0.39, 0.29) is 30.5 Å². The average Bonchev–Trinajstić information content (AvgIpc) is 2.55. The van der Waals surface area contributed by atoms with Gasteiger partial charge in [-0.1, -0.05) is 42.5 Å². The van der Waals surface area contributed by atoms with Crippen molar-refractivity contribution < 1.29 is 9.53 Å². The van der Waals surface area contributed by atoms with Gasteiger partial charge in [0.1, 0.15) is 5.75 Å². The van der Waals surface area contributed by atoms with Crippen molar-refractivity contribution in [2.75, 3.05) is 0 Å². The Labute approximate surface area is 156 Å². The van der Waals surface area contributed by atoms with Gasteiger partial charge in [-0.05, 0) is 50.5 Å². The summed E-state index contributed by atoms with van der Waals surface area (Å²) < 4.78 is 5.70. The van der Waals surface area contributed by atoms with Gasteiger partial charge in [-0.25, -0.2) is 0 Å². The van der Waals surface area contributed by atoms with Crippen LogP contribution in [0.5, 0.6) is 5.75 Å². The van der Waals surface area contributed by atoms with Crippen molar-refractivity contribution in [1.29, 1.82) is 0 Å². The zero-order chi connectivity index (χ0) is 17.5. The molecule has 0 radical (unpaired) electrons. The van der Waals surface area contributed by atoms with E-state index in [0.29, 0.717) is 6.42 Å². The molecule has 5 heteroatoms. The predicted molar refractivity (Wildman–Crippen MR) is 104 cm³/mol. The Morgan fingerprint density at radius 1 is 1.08 bits per heavy atom. The van der Waals surface area contributed by atoms with E-state index < -0.39 is 6.04 Å². The van der Waals surface area contributed by atoms with Crippen molar-refractivity contribution in [2.24, 2.45) is 5.73 Å². The summed E-state index contributed by atoms with van der Waals surface area (Å²) in [6.45, 7) is 5.92. The lowest BCUT2D eigenvalue weighted by molar-refractivity contribution is -0.123. The topological polar surface area (TPSA) is 64.3 Å². The van der Waals surface area contributed by atoms with E-state index in [0.717, 1.165) is 16.9 Å². The van der Waals surface area contributed by atoms with Crippen LogP contribution in [0, 0.1) is 0 Å². The van der Waals surface area contributed by atoms with Gasteiger partial charge in [0.05, 0.1) is 18.2 Å². The fourth-order valence-corrected chi connectivity index (χ4v) is 2.49. The number of carbonyl (C=O) groups is 1. The molecule has 1 unspecified atom stereocenters. The maximum atomic E-state index is 12.3. The zero-order valence-electron chi connectivity index (χ0n) is 14.9. The molecule has 0 aromatic heterocycles. The summed E-state index contributed by atoms with van der Waals surface area (Å²) in [6, 6.07) is 16.9. The van der Waals surface area contributed by atoms with Crippen molar-refractivity contribution >= 4 is 18.3 Å². The minimum absolute atomic E-state index is 0. The Morgan fingerprint density at radius 3 is 2.40 bits per heavy atom. The van der Waals surface area contributed by atoms with Crippen LogP contribution in [0.3, 0.4) is 0 Å². The second-order valence-corrected chi connectivity index (χ2v) is 6.27. The molecule has 3 N–H and O–H groups in total. The highest BCUT2D eigenvalue weighted by atomic mass is 35.5. The van der Waals surface area contributed by atoms with Crippen LogP contribution < -0.4 is 15.8 Å². The minimum Gasteiger partial charge on any atom is -0.491 e. The molecule has 1 amide bonds. The van der Waals surface area contributed by atoms with E-state index in [1.54, 1.807) is 0 Å². The number of carbonyl (C=O) groups excluding carboxylic acids is 1. The standard InChI is InChI=1S/C20H26N2O2.ClH/c1-14(2)24-18-11-7-10-17(13-18)15(3)22-20(23)19(21)12-16-8-5-4-6-9-16;/h4-11,13-15,19H,12,21H2,1-3H3,(H,22,23);1H/t15?,19-;/m0./s1. The van der Waals surface area contributed by atoms with Crippen LogP contribution in [0.2, 0.25) is 0 Å². The smallest absolute Gasteiger partial charge is 0.237 e. The third-order valence-corrected chi connectivity index (χ3v) is 3.72. The first kappa shape index (κ1) is 21.0. The molecule has 2 aromatic carbocycles. The maximum Gasteiger partial charge on any atom is 0.237 e. The van der Waals surface area contributed by atoms with E-state index in [9.17, 15) is 4.79 Å². The fraction of sp³-hybridized carbons (Fsp3) is 0.350. The molecule has 0 heterocycles. The largest absolute Gasteiger partial charge is 0.491 e. The van der Waals surface area contributed by atoms with Crippen molar-refractivity contribution in [2.45, 2.75) is 45.4 Å². The van der Waals surface area contributed by atoms with Crippen molar-refractivity contribution in [3.8, 4) is 5.75 Å². The molecule has 136 valence electrons. The lowest BCUT2D eigenvalue weighted by Crippen LogP contribution is -2.42. The molecule has 0 aliphatic heterocycles. The zero-order valence-corrected chi connectivity index (χ0v) is 15.8. The molecule has 2 atom stereocenters. The number of nitrogens with one attached hydrogen (secondary N) is 1. The number of nitrogens with two attached hydrogens (primary N) is 1. The number of ether oxygens (including phenoxy) is 1. The van der Waals surface area contributed by atoms with Crippen LogP contribution in [0.25, 0.3) is 0 Å². The summed E-state index contributed by atoms with van der Waals surface area (Å²) in [7, 11) is 0. The highest BCUT2D eigenvalue weighted by Gasteiger charge is 2.17. The molecule has 25 heavy (non-hydrogen) atoms. The number of halogens is 1. The van der Waals surface area contributed by atoms with Gasteiger partial charge in [0.2, 0.25) is 5.91 Å². The second kappa shape index (κ2) is 10.1. The monoisotopic (exact) mass is 362 g/mol. The summed E-state index contributed by atoms with van der Waals surface area (Å²) in [6.07, 6.45) is 0.639. The van der Waals surface area contributed by atoms with Crippen molar-refractivity contribution in [3.63, 3.8) is 0 Å². The molecule has 4 nitrogen and oxygen atoms in total. The molecule has 0 saturated heterocycles. The predicted octanol–water partition coefficient (Wildman–Crippen LogP) is 3.64. The van der Waals surface area contributed by atoms with Crippen LogP contribution in [-0.4, -0.2) is 18.1 Å². The molecular weight excluding hydrogens is 336 g/mol. The molecule has 0 saturated carbocycles.